The van der Waals surface area contributed by atoms with Crippen LogP contribution in [0.2, 0.25) is 5.02 Å². The average molecular weight is 543 g/mol. The normalized spacial score (nSPS) is 15.1. The minimum absolute atomic E-state index is 0.0463. The summed E-state index contributed by atoms with van der Waals surface area (Å²) in [6.07, 6.45) is 1.67. The number of hydrogen-bond acceptors (Lipinski definition) is 5. The lowest BCUT2D eigenvalue weighted by molar-refractivity contribution is -0.142. The fourth-order valence-electron chi connectivity index (χ4n) is 5.29. The molecule has 1 fully saturated rings. The van der Waals surface area contributed by atoms with Gasteiger partial charge in [-0.1, -0.05) is 61.8 Å². The number of nitrogens with zero attached hydrogens (tertiary/aromatic N) is 3. The highest BCUT2D eigenvalue weighted by atomic mass is 35.5. The van der Waals surface area contributed by atoms with E-state index < -0.39 is 11.5 Å². The van der Waals surface area contributed by atoms with Crippen molar-refractivity contribution in [2.24, 2.45) is 5.41 Å². The first-order valence-corrected chi connectivity index (χ1v) is 13.2. The predicted molar refractivity (Wildman–Crippen MR) is 149 cm³/mol. The number of benzene rings is 2. The third-order valence-electron chi connectivity index (χ3n) is 7.24. The zero-order valence-corrected chi connectivity index (χ0v) is 22.4. The molecule has 0 saturated carbocycles. The van der Waals surface area contributed by atoms with Crippen molar-refractivity contribution in [3.05, 3.63) is 92.9 Å². The molecule has 0 aliphatic carbocycles. The van der Waals surface area contributed by atoms with Gasteiger partial charge in [0.15, 0.2) is 0 Å². The summed E-state index contributed by atoms with van der Waals surface area (Å²) in [6, 6.07) is 16.5. The Balaban J connectivity index is 1.43. The quantitative estimate of drug-likeness (QED) is 0.403. The fraction of sp³-hybridized carbons (Fsp3) is 0.267. The number of halogens is 1. The van der Waals surface area contributed by atoms with E-state index in [1.165, 1.54) is 10.6 Å². The lowest BCUT2D eigenvalue weighted by Gasteiger charge is -2.45. The van der Waals surface area contributed by atoms with Crippen LogP contribution in [0.3, 0.4) is 0 Å². The molecule has 2 aliphatic heterocycles. The summed E-state index contributed by atoms with van der Waals surface area (Å²) in [6.45, 7) is 5.75. The Labute approximate surface area is 230 Å². The first kappa shape index (κ1) is 25.1. The number of carbonyl (C=O) groups is 2. The molecule has 8 nitrogen and oxygen atoms in total. The number of fused-ring (bicyclic) bond motifs is 5. The van der Waals surface area contributed by atoms with E-state index in [4.69, 9.17) is 16.3 Å². The fourth-order valence-corrected chi connectivity index (χ4v) is 5.41. The van der Waals surface area contributed by atoms with E-state index in [0.29, 0.717) is 41.5 Å². The molecule has 0 bridgehead atoms. The maximum Gasteiger partial charge on any atom is 0.265 e. The third-order valence-corrected chi connectivity index (χ3v) is 7.49. The van der Waals surface area contributed by atoms with Gasteiger partial charge in [0.2, 0.25) is 5.91 Å². The Hall–Kier alpha value is -4.17. The van der Waals surface area contributed by atoms with Crippen LogP contribution in [-0.2, 0) is 24.5 Å². The second kappa shape index (κ2) is 9.54. The molecule has 4 heterocycles. The molecule has 1 saturated heterocycles. The van der Waals surface area contributed by atoms with Crippen molar-refractivity contribution in [1.82, 2.24) is 19.8 Å². The predicted octanol–water partition coefficient (Wildman–Crippen LogP) is 4.41. The summed E-state index contributed by atoms with van der Waals surface area (Å²) < 4.78 is 7.45. The highest BCUT2D eigenvalue weighted by Gasteiger charge is 2.37. The van der Waals surface area contributed by atoms with Crippen LogP contribution in [0.4, 0.5) is 0 Å². The smallest absolute Gasteiger partial charge is 0.265 e. The number of ether oxygens (including phenoxy) is 1. The Morgan fingerprint density at radius 3 is 2.56 bits per heavy atom. The van der Waals surface area contributed by atoms with E-state index in [1.807, 2.05) is 24.3 Å². The molecule has 39 heavy (non-hydrogen) atoms. The summed E-state index contributed by atoms with van der Waals surface area (Å²) in [5.41, 5.74) is 3.32. The van der Waals surface area contributed by atoms with E-state index in [1.54, 1.807) is 35.4 Å². The standard InChI is InChI=1S/C30H27ClN4O4/c1-30(2)16-34(17-30)25(36)14-35-27-22(26-24(13-32-27)21-6-4-3-5-19(21)15-39-26)11-23(29(35)38)28(37)33-12-18-7-9-20(31)10-8-18/h3-11,13H,12,14-17H2,1-2H3,(H,33,37). The summed E-state index contributed by atoms with van der Waals surface area (Å²) >= 11 is 5.97. The van der Waals surface area contributed by atoms with Gasteiger partial charge in [-0.3, -0.25) is 19.0 Å². The molecule has 9 heteroatoms. The largest absolute Gasteiger partial charge is 0.487 e. The zero-order chi connectivity index (χ0) is 27.3. The Morgan fingerprint density at radius 2 is 1.82 bits per heavy atom. The molecule has 0 unspecified atom stereocenters. The van der Waals surface area contributed by atoms with Crippen molar-refractivity contribution in [2.75, 3.05) is 13.1 Å². The SMILES string of the molecule is CC1(C)CN(C(=O)Cn2c(=O)c(C(=O)NCc3ccc(Cl)cc3)cc3c4c(cnc32)-c2ccccc2CO4)C1. The maximum atomic E-state index is 13.7. The van der Waals surface area contributed by atoms with E-state index in [9.17, 15) is 14.4 Å². The molecule has 4 aromatic rings. The van der Waals surface area contributed by atoms with Crippen LogP contribution in [-0.4, -0.2) is 39.4 Å². The number of pyridine rings is 2. The highest BCUT2D eigenvalue weighted by Crippen LogP contribution is 2.41. The van der Waals surface area contributed by atoms with Gasteiger partial charge in [0.25, 0.3) is 11.5 Å². The van der Waals surface area contributed by atoms with Gasteiger partial charge < -0.3 is 15.0 Å². The summed E-state index contributed by atoms with van der Waals surface area (Å²) in [5.74, 6) is -0.198. The number of nitrogens with one attached hydrogen (secondary N) is 1. The van der Waals surface area contributed by atoms with E-state index in [2.05, 4.69) is 24.1 Å². The molecule has 2 aromatic carbocycles. The molecule has 2 aliphatic rings. The number of amides is 2. The molecule has 0 spiro atoms. The topological polar surface area (TPSA) is 93.5 Å². The number of carbonyl (C=O) groups excluding carboxylic acids is 2. The lowest BCUT2D eigenvalue weighted by Crippen LogP contribution is -2.56. The number of likely N-dealkylation sites (tertiary alicyclic amines) is 1. The number of hydrogen-bond donors (Lipinski definition) is 1. The zero-order valence-electron chi connectivity index (χ0n) is 21.7. The number of aromatic nitrogens is 2. The Kier molecular flexibility index (Phi) is 6.14. The van der Waals surface area contributed by atoms with Gasteiger partial charge in [-0.25, -0.2) is 4.98 Å². The minimum Gasteiger partial charge on any atom is -0.487 e. The van der Waals surface area contributed by atoms with Crippen molar-refractivity contribution < 1.29 is 14.3 Å². The summed E-state index contributed by atoms with van der Waals surface area (Å²) in [4.78, 5) is 46.5. The second-order valence-electron chi connectivity index (χ2n) is 10.9. The molecular weight excluding hydrogens is 516 g/mol. The van der Waals surface area contributed by atoms with Gasteiger partial charge in [0, 0.05) is 36.4 Å². The molecule has 198 valence electrons. The molecule has 0 atom stereocenters. The van der Waals surface area contributed by atoms with Crippen LogP contribution in [0.5, 0.6) is 5.75 Å². The van der Waals surface area contributed by atoms with Gasteiger partial charge in [-0.15, -0.1) is 0 Å². The van der Waals surface area contributed by atoms with Crippen molar-refractivity contribution in [2.45, 2.75) is 33.5 Å². The first-order chi connectivity index (χ1) is 18.7. The first-order valence-electron chi connectivity index (χ1n) is 12.8. The molecule has 0 radical (unpaired) electrons. The number of rotatable bonds is 5. The lowest BCUT2D eigenvalue weighted by atomic mass is 9.84. The van der Waals surface area contributed by atoms with Crippen LogP contribution >= 0.6 is 11.6 Å². The monoisotopic (exact) mass is 542 g/mol. The molecule has 6 rings (SSSR count). The van der Waals surface area contributed by atoms with Gasteiger partial charge in [-0.05, 0) is 40.3 Å². The maximum absolute atomic E-state index is 13.7. The Bertz CT molecular complexity index is 1690. The van der Waals surface area contributed by atoms with Crippen molar-refractivity contribution in [1.29, 1.82) is 0 Å². The molecule has 1 N–H and O–H groups in total. The minimum atomic E-state index is -0.576. The van der Waals surface area contributed by atoms with Gasteiger partial charge in [0.1, 0.15) is 30.1 Å². The average Bonchev–Trinajstić information content (AvgIpc) is 2.92. The van der Waals surface area contributed by atoms with Crippen LogP contribution in [0.25, 0.3) is 22.2 Å². The van der Waals surface area contributed by atoms with Crippen molar-refractivity contribution in [3.8, 4) is 16.9 Å². The second-order valence-corrected chi connectivity index (χ2v) is 11.3. The van der Waals surface area contributed by atoms with Crippen molar-refractivity contribution in [3.63, 3.8) is 0 Å². The van der Waals surface area contributed by atoms with Crippen LogP contribution in [0.15, 0.2) is 65.6 Å². The van der Waals surface area contributed by atoms with Crippen LogP contribution in [0.1, 0.15) is 35.3 Å². The van der Waals surface area contributed by atoms with Gasteiger partial charge >= 0.3 is 0 Å². The van der Waals surface area contributed by atoms with Gasteiger partial charge in [-0.2, -0.15) is 0 Å². The molecule has 2 aromatic heterocycles. The Morgan fingerprint density at radius 1 is 1.08 bits per heavy atom. The van der Waals surface area contributed by atoms with Crippen LogP contribution < -0.4 is 15.6 Å². The third kappa shape index (κ3) is 4.65. The summed E-state index contributed by atoms with van der Waals surface area (Å²) in [7, 11) is 0. The highest BCUT2D eigenvalue weighted by molar-refractivity contribution is 6.30. The molecular formula is C30H27ClN4O4. The van der Waals surface area contributed by atoms with E-state index >= 15 is 0 Å². The van der Waals surface area contributed by atoms with Crippen LogP contribution in [0, 0.1) is 5.41 Å². The van der Waals surface area contributed by atoms with Crippen molar-refractivity contribution >= 4 is 34.4 Å². The molecule has 2 amide bonds. The van der Waals surface area contributed by atoms with Gasteiger partial charge in [0.05, 0.1) is 5.39 Å². The van der Waals surface area contributed by atoms with E-state index in [-0.39, 0.29) is 30.0 Å². The van der Waals surface area contributed by atoms with E-state index in [0.717, 1.165) is 22.3 Å². The summed E-state index contributed by atoms with van der Waals surface area (Å²) in [5, 5.41) is 3.92.